The van der Waals surface area contributed by atoms with E-state index >= 15 is 0 Å². The molecule has 0 fully saturated rings. The van der Waals surface area contributed by atoms with Crippen molar-refractivity contribution in [3.05, 3.63) is 30.3 Å². The average molecular weight is 210 g/mol. The molecule has 2 nitrogen and oxygen atoms in total. The molecule has 0 saturated carbocycles. The van der Waals surface area contributed by atoms with Crippen molar-refractivity contribution in [1.82, 2.24) is 0 Å². The first kappa shape index (κ1) is 13.0. The molecule has 78 valence electrons. The van der Waals surface area contributed by atoms with Crippen LogP contribution in [0.2, 0.25) is 0 Å². The topological polar surface area (TPSA) is 24.4 Å². The normalized spacial score (nSPS) is 10.1. The zero-order valence-corrected chi connectivity index (χ0v) is 10.1. The smallest absolute Gasteiger partial charge is 0.160 e. The van der Waals surface area contributed by atoms with Crippen molar-refractivity contribution in [2.45, 2.75) is 13.8 Å². The Hall–Kier alpha value is -0.960. The third kappa shape index (κ3) is 4.92. The Morgan fingerprint density at radius 2 is 1.79 bits per heavy atom. The van der Waals surface area contributed by atoms with Gasteiger partial charge in [-0.15, -0.1) is 0 Å². The monoisotopic (exact) mass is 210 g/mol. The summed E-state index contributed by atoms with van der Waals surface area (Å²) in [6.45, 7) is 4.00. The quantitative estimate of drug-likeness (QED) is 0.567. The number of hydrogen-bond acceptors (Lipinski definition) is 2. The van der Waals surface area contributed by atoms with Crippen LogP contribution < -0.4 is 5.32 Å². The van der Waals surface area contributed by atoms with E-state index in [2.05, 4.69) is 10.3 Å². The molecule has 1 aromatic carbocycles. The fourth-order valence-electron chi connectivity index (χ4n) is 0.843. The minimum absolute atomic E-state index is 0.932. The van der Waals surface area contributed by atoms with Crippen LogP contribution in [0, 0.1) is 0 Å². The fraction of sp³-hybridized carbons (Fsp3) is 0.364. The maximum absolute atomic E-state index is 4.07. The lowest BCUT2D eigenvalue weighted by Gasteiger charge is -2.05. The molecule has 0 aliphatic heterocycles. The number of nitrogens with one attached hydrogen (secondary N) is 1. The van der Waals surface area contributed by atoms with Crippen LogP contribution in [0.4, 0.5) is 5.69 Å². The van der Waals surface area contributed by atoms with E-state index in [1.54, 1.807) is 18.8 Å². The largest absolute Gasteiger partial charge is 0.335 e. The minimum atomic E-state index is 0.932. The summed E-state index contributed by atoms with van der Waals surface area (Å²) < 4.78 is 0. The van der Waals surface area contributed by atoms with Gasteiger partial charge in [0.15, 0.2) is 5.17 Å². The van der Waals surface area contributed by atoms with Gasteiger partial charge in [-0.1, -0.05) is 43.8 Å². The van der Waals surface area contributed by atoms with Crippen molar-refractivity contribution in [3.8, 4) is 0 Å². The first-order valence-corrected chi connectivity index (χ1v) is 5.92. The maximum Gasteiger partial charge on any atom is 0.160 e. The summed E-state index contributed by atoms with van der Waals surface area (Å²) in [6.07, 6.45) is 2.00. The van der Waals surface area contributed by atoms with Crippen LogP contribution in [-0.2, 0) is 0 Å². The molecule has 1 aromatic rings. The van der Waals surface area contributed by atoms with Gasteiger partial charge in [-0.25, -0.2) is 0 Å². The Kier molecular flexibility index (Phi) is 8.04. The lowest BCUT2D eigenvalue weighted by molar-refractivity contribution is 1.45. The summed E-state index contributed by atoms with van der Waals surface area (Å²) in [5, 5.41) is 4.12. The van der Waals surface area contributed by atoms with Crippen molar-refractivity contribution >= 4 is 22.6 Å². The molecule has 1 N–H and O–H groups in total. The lowest BCUT2D eigenvalue weighted by Crippen LogP contribution is -2.06. The van der Waals surface area contributed by atoms with Crippen LogP contribution in [0.25, 0.3) is 0 Å². The van der Waals surface area contributed by atoms with E-state index in [0.717, 1.165) is 10.9 Å². The summed E-state index contributed by atoms with van der Waals surface area (Å²) in [5.41, 5.74) is 1.08. The molecule has 14 heavy (non-hydrogen) atoms. The van der Waals surface area contributed by atoms with Crippen molar-refractivity contribution in [2.75, 3.05) is 18.6 Å². The lowest BCUT2D eigenvalue weighted by atomic mass is 10.3. The Balaban J connectivity index is 0.000000791. The van der Waals surface area contributed by atoms with Crippen LogP contribution in [-0.4, -0.2) is 18.5 Å². The molecule has 0 saturated heterocycles. The molecule has 0 radical (unpaired) electrons. The van der Waals surface area contributed by atoms with Crippen molar-refractivity contribution in [3.63, 3.8) is 0 Å². The SMILES string of the molecule is CC.CN=C(Nc1ccccc1)SC. The number of hydrogen-bond donors (Lipinski definition) is 1. The van der Waals surface area contributed by atoms with Gasteiger partial charge in [-0.05, 0) is 18.4 Å². The molecule has 0 heterocycles. The summed E-state index contributed by atoms with van der Waals surface area (Å²) in [6, 6.07) is 10.0. The Morgan fingerprint density at radius 3 is 2.21 bits per heavy atom. The van der Waals surface area contributed by atoms with Gasteiger partial charge in [-0.3, -0.25) is 4.99 Å². The molecule has 0 aliphatic rings. The third-order valence-electron chi connectivity index (χ3n) is 1.42. The highest BCUT2D eigenvalue weighted by molar-refractivity contribution is 8.13. The molecule has 0 unspecified atom stereocenters. The Morgan fingerprint density at radius 1 is 1.21 bits per heavy atom. The number of nitrogens with zero attached hydrogens (tertiary/aromatic N) is 1. The third-order valence-corrected chi connectivity index (χ3v) is 2.09. The van der Waals surface area contributed by atoms with E-state index in [4.69, 9.17) is 0 Å². The van der Waals surface area contributed by atoms with Gasteiger partial charge in [0.25, 0.3) is 0 Å². The van der Waals surface area contributed by atoms with Crippen LogP contribution in [0.1, 0.15) is 13.8 Å². The summed E-state index contributed by atoms with van der Waals surface area (Å²) >= 11 is 1.60. The highest BCUT2D eigenvalue weighted by Gasteiger charge is 1.94. The van der Waals surface area contributed by atoms with Gasteiger partial charge in [0.05, 0.1) is 0 Å². The molecule has 0 amide bonds. The molecule has 0 aliphatic carbocycles. The van der Waals surface area contributed by atoms with E-state index < -0.39 is 0 Å². The van der Waals surface area contributed by atoms with Crippen molar-refractivity contribution < 1.29 is 0 Å². The first-order chi connectivity index (χ1) is 6.86. The van der Waals surface area contributed by atoms with Gasteiger partial charge in [0, 0.05) is 12.7 Å². The van der Waals surface area contributed by atoms with E-state index in [0.29, 0.717) is 0 Å². The molecular formula is C11H18N2S. The molecule has 3 heteroatoms. The number of anilines is 1. The highest BCUT2D eigenvalue weighted by Crippen LogP contribution is 2.08. The molecule has 1 rings (SSSR count). The number of para-hydroxylation sites is 1. The van der Waals surface area contributed by atoms with E-state index in [1.165, 1.54) is 0 Å². The molecule has 0 atom stereocenters. The molecule has 0 bridgehead atoms. The van der Waals surface area contributed by atoms with E-state index in [1.807, 2.05) is 50.4 Å². The fourth-order valence-corrected chi connectivity index (χ4v) is 1.25. The summed E-state index contributed by atoms with van der Waals surface area (Å²) in [7, 11) is 1.78. The maximum atomic E-state index is 4.07. The highest BCUT2D eigenvalue weighted by atomic mass is 32.2. The number of aliphatic imine (C=N–C) groups is 1. The average Bonchev–Trinajstić information content (AvgIpc) is 2.30. The Labute approximate surface area is 90.8 Å². The van der Waals surface area contributed by atoms with Gasteiger partial charge in [0.2, 0.25) is 0 Å². The number of rotatable bonds is 1. The zero-order valence-electron chi connectivity index (χ0n) is 9.24. The van der Waals surface area contributed by atoms with Crippen LogP contribution in [0.3, 0.4) is 0 Å². The van der Waals surface area contributed by atoms with Gasteiger partial charge in [-0.2, -0.15) is 0 Å². The number of benzene rings is 1. The van der Waals surface area contributed by atoms with Gasteiger partial charge >= 0.3 is 0 Å². The predicted octanol–water partition coefficient (Wildman–Crippen LogP) is 3.47. The van der Waals surface area contributed by atoms with Gasteiger partial charge < -0.3 is 5.32 Å². The van der Waals surface area contributed by atoms with Crippen LogP contribution >= 0.6 is 11.8 Å². The second kappa shape index (κ2) is 8.63. The molecule has 0 aromatic heterocycles. The molecule has 0 spiro atoms. The second-order valence-electron chi connectivity index (χ2n) is 2.22. The predicted molar refractivity (Wildman–Crippen MR) is 68.3 cm³/mol. The van der Waals surface area contributed by atoms with E-state index in [-0.39, 0.29) is 0 Å². The molecular weight excluding hydrogens is 192 g/mol. The second-order valence-corrected chi connectivity index (χ2v) is 3.02. The zero-order chi connectivity index (χ0) is 10.8. The van der Waals surface area contributed by atoms with E-state index in [9.17, 15) is 0 Å². The van der Waals surface area contributed by atoms with Crippen LogP contribution in [0.5, 0.6) is 0 Å². The van der Waals surface area contributed by atoms with Gasteiger partial charge in [0.1, 0.15) is 0 Å². The number of thioether (sulfide) groups is 1. The minimum Gasteiger partial charge on any atom is -0.335 e. The first-order valence-electron chi connectivity index (χ1n) is 4.69. The summed E-state index contributed by atoms with van der Waals surface area (Å²) in [5.74, 6) is 0. The van der Waals surface area contributed by atoms with Crippen molar-refractivity contribution in [2.24, 2.45) is 4.99 Å². The Bertz CT molecular complexity index is 257. The summed E-state index contributed by atoms with van der Waals surface area (Å²) in [4.78, 5) is 4.07. The standard InChI is InChI=1S/C9H12N2S.C2H6/c1-10-9(12-2)11-8-6-4-3-5-7-8;1-2/h3-7H,1-2H3,(H,10,11);1-2H3. The number of amidine groups is 1. The van der Waals surface area contributed by atoms with Crippen molar-refractivity contribution in [1.29, 1.82) is 0 Å². The van der Waals surface area contributed by atoms with Crippen LogP contribution in [0.15, 0.2) is 35.3 Å².